The minimum Gasteiger partial charge on any atom is -0.322 e. The monoisotopic (exact) mass is 348 g/mol. The minimum absolute atomic E-state index is 0.00716. The number of rotatable bonds is 2. The standard InChI is InChI=1S/C11H10ClIN2O/c1-6(15-13)9-5-7-4-8(12)2-3-10(7)14-11(9)16/h2-6,15H,1H3,(H,14,16). The summed E-state index contributed by atoms with van der Waals surface area (Å²) in [6, 6.07) is 7.30. The molecule has 2 aromatic rings. The number of hydrogen-bond acceptors (Lipinski definition) is 2. The topological polar surface area (TPSA) is 44.9 Å². The van der Waals surface area contributed by atoms with Crippen molar-refractivity contribution in [3.63, 3.8) is 0 Å². The second-order valence-electron chi connectivity index (χ2n) is 3.62. The van der Waals surface area contributed by atoms with Crippen molar-refractivity contribution in [2.45, 2.75) is 13.0 Å². The highest BCUT2D eigenvalue weighted by atomic mass is 127. The summed E-state index contributed by atoms with van der Waals surface area (Å²) in [4.78, 5) is 14.6. The van der Waals surface area contributed by atoms with Crippen LogP contribution in [-0.4, -0.2) is 4.98 Å². The van der Waals surface area contributed by atoms with E-state index < -0.39 is 0 Å². The van der Waals surface area contributed by atoms with Gasteiger partial charge >= 0.3 is 0 Å². The zero-order valence-corrected chi connectivity index (χ0v) is 11.5. The van der Waals surface area contributed by atoms with Crippen molar-refractivity contribution < 1.29 is 0 Å². The normalized spacial score (nSPS) is 12.9. The van der Waals surface area contributed by atoms with Crippen LogP contribution in [0.4, 0.5) is 0 Å². The minimum atomic E-state index is -0.0634. The van der Waals surface area contributed by atoms with Gasteiger partial charge in [0.2, 0.25) is 0 Å². The maximum absolute atomic E-state index is 11.8. The Hall–Kier alpha value is -0.590. The molecule has 0 bridgehead atoms. The van der Waals surface area contributed by atoms with Crippen LogP contribution in [0.3, 0.4) is 0 Å². The van der Waals surface area contributed by atoms with Gasteiger partial charge in [-0.25, -0.2) is 0 Å². The highest BCUT2D eigenvalue weighted by Crippen LogP contribution is 2.19. The summed E-state index contributed by atoms with van der Waals surface area (Å²) in [5.41, 5.74) is 1.45. The lowest BCUT2D eigenvalue weighted by molar-refractivity contribution is 0.766. The zero-order valence-electron chi connectivity index (χ0n) is 8.55. The molecule has 1 atom stereocenters. The second-order valence-corrected chi connectivity index (χ2v) is 4.68. The summed E-state index contributed by atoms with van der Waals surface area (Å²) in [6.07, 6.45) is 0. The van der Waals surface area contributed by atoms with E-state index in [0.29, 0.717) is 10.6 Å². The summed E-state index contributed by atoms with van der Waals surface area (Å²) in [5.74, 6) is 0. The fraction of sp³-hybridized carbons (Fsp3) is 0.182. The van der Waals surface area contributed by atoms with Crippen LogP contribution in [0.25, 0.3) is 10.9 Å². The van der Waals surface area contributed by atoms with E-state index in [2.05, 4.69) is 8.51 Å². The first kappa shape index (κ1) is 11.9. The van der Waals surface area contributed by atoms with Crippen LogP contribution >= 0.6 is 34.5 Å². The molecule has 3 nitrogen and oxygen atoms in total. The lowest BCUT2D eigenvalue weighted by atomic mass is 10.1. The number of aromatic amines is 1. The van der Waals surface area contributed by atoms with Gasteiger partial charge in [-0.05, 0) is 31.2 Å². The summed E-state index contributed by atoms with van der Waals surface area (Å²) in [5, 5.41) is 1.61. The van der Waals surface area contributed by atoms with Gasteiger partial charge in [-0.2, -0.15) is 0 Å². The molecule has 0 spiro atoms. The Bertz CT molecular complexity index is 582. The molecule has 5 heteroatoms. The molecule has 0 aliphatic heterocycles. The van der Waals surface area contributed by atoms with Gasteiger partial charge in [0.05, 0.1) is 0 Å². The first-order chi connectivity index (χ1) is 7.61. The molecule has 0 aliphatic rings. The first-order valence-corrected chi connectivity index (χ1v) is 6.26. The van der Waals surface area contributed by atoms with E-state index in [9.17, 15) is 4.79 Å². The van der Waals surface area contributed by atoms with Crippen LogP contribution in [-0.2, 0) is 0 Å². The SMILES string of the molecule is CC(NI)c1cc2cc(Cl)ccc2[nH]c1=O. The molecule has 1 aromatic heterocycles. The highest BCUT2D eigenvalue weighted by Gasteiger charge is 2.09. The summed E-state index contributed by atoms with van der Waals surface area (Å²) >= 11 is 7.95. The van der Waals surface area contributed by atoms with Crippen LogP contribution in [0, 0.1) is 0 Å². The Morgan fingerprint density at radius 2 is 2.19 bits per heavy atom. The van der Waals surface area contributed by atoms with Crippen LogP contribution in [0.15, 0.2) is 29.1 Å². The molecule has 2 rings (SSSR count). The largest absolute Gasteiger partial charge is 0.322 e. The maximum Gasteiger partial charge on any atom is 0.253 e. The van der Waals surface area contributed by atoms with E-state index in [1.165, 1.54) is 0 Å². The number of aromatic nitrogens is 1. The van der Waals surface area contributed by atoms with Gasteiger partial charge in [0.15, 0.2) is 0 Å². The van der Waals surface area contributed by atoms with Crippen molar-refractivity contribution in [2.24, 2.45) is 0 Å². The van der Waals surface area contributed by atoms with Crippen molar-refractivity contribution in [3.05, 3.63) is 45.2 Å². The summed E-state index contributed by atoms with van der Waals surface area (Å²) in [7, 11) is 0. The Labute approximate surface area is 112 Å². The van der Waals surface area contributed by atoms with E-state index in [1.54, 1.807) is 6.07 Å². The number of fused-ring (bicyclic) bond motifs is 1. The predicted molar refractivity (Wildman–Crippen MR) is 75.1 cm³/mol. The lowest BCUT2D eigenvalue weighted by Crippen LogP contribution is -2.19. The van der Waals surface area contributed by atoms with E-state index in [1.807, 2.05) is 48.0 Å². The predicted octanol–water partition coefficient (Wildman–Crippen LogP) is 3.18. The average molecular weight is 349 g/mol. The number of halogens is 2. The van der Waals surface area contributed by atoms with Crippen LogP contribution in [0.1, 0.15) is 18.5 Å². The van der Waals surface area contributed by atoms with Gasteiger partial charge < -0.3 is 4.98 Å². The Morgan fingerprint density at radius 3 is 2.88 bits per heavy atom. The third kappa shape index (κ3) is 2.23. The van der Waals surface area contributed by atoms with Gasteiger partial charge in [-0.3, -0.25) is 8.32 Å². The van der Waals surface area contributed by atoms with Crippen molar-refractivity contribution in [3.8, 4) is 0 Å². The van der Waals surface area contributed by atoms with Gasteiger partial charge in [-0.15, -0.1) is 0 Å². The molecule has 1 heterocycles. The smallest absolute Gasteiger partial charge is 0.253 e. The molecule has 0 aliphatic carbocycles. The third-order valence-corrected chi connectivity index (χ3v) is 3.63. The maximum atomic E-state index is 11.8. The number of H-pyrrole nitrogens is 1. The van der Waals surface area contributed by atoms with Gasteiger partial charge in [0.1, 0.15) is 0 Å². The molecule has 1 aromatic carbocycles. The van der Waals surface area contributed by atoms with Crippen LogP contribution in [0.5, 0.6) is 0 Å². The van der Waals surface area contributed by atoms with Crippen molar-refractivity contribution in [1.29, 1.82) is 0 Å². The van der Waals surface area contributed by atoms with Gasteiger partial charge in [0.25, 0.3) is 5.56 Å². The molecular weight excluding hydrogens is 338 g/mol. The number of benzene rings is 1. The third-order valence-electron chi connectivity index (χ3n) is 2.47. The molecular formula is C11H10ClIN2O. The van der Waals surface area contributed by atoms with E-state index in [0.717, 1.165) is 10.9 Å². The summed E-state index contributed by atoms with van der Waals surface area (Å²) < 4.78 is 3.02. The van der Waals surface area contributed by atoms with E-state index in [4.69, 9.17) is 11.6 Å². The van der Waals surface area contributed by atoms with Crippen LogP contribution in [0.2, 0.25) is 5.02 Å². The quantitative estimate of drug-likeness (QED) is 0.647. The van der Waals surface area contributed by atoms with Crippen molar-refractivity contribution >= 4 is 45.4 Å². The fourth-order valence-corrected chi connectivity index (χ4v) is 2.09. The Morgan fingerprint density at radius 1 is 1.44 bits per heavy atom. The molecule has 1 unspecified atom stereocenters. The zero-order chi connectivity index (χ0) is 11.7. The molecule has 0 saturated heterocycles. The van der Waals surface area contributed by atoms with Crippen molar-refractivity contribution in [1.82, 2.24) is 8.51 Å². The molecule has 0 saturated carbocycles. The summed E-state index contributed by atoms with van der Waals surface area (Å²) in [6.45, 7) is 1.94. The van der Waals surface area contributed by atoms with Gasteiger partial charge in [-0.1, -0.05) is 11.6 Å². The number of nitrogens with one attached hydrogen (secondary N) is 2. The number of hydrogen-bond donors (Lipinski definition) is 2. The molecule has 0 fully saturated rings. The van der Waals surface area contributed by atoms with Crippen molar-refractivity contribution in [2.75, 3.05) is 0 Å². The van der Waals surface area contributed by atoms with Gasteiger partial charge in [0, 0.05) is 50.4 Å². The Balaban J connectivity index is 2.69. The molecule has 0 amide bonds. The molecule has 16 heavy (non-hydrogen) atoms. The molecule has 2 N–H and O–H groups in total. The number of pyridine rings is 1. The Kier molecular flexibility index (Phi) is 3.51. The fourth-order valence-electron chi connectivity index (χ4n) is 1.57. The van der Waals surface area contributed by atoms with E-state index >= 15 is 0 Å². The first-order valence-electron chi connectivity index (χ1n) is 4.80. The van der Waals surface area contributed by atoms with E-state index in [-0.39, 0.29) is 11.6 Å². The second kappa shape index (κ2) is 4.73. The molecule has 0 radical (unpaired) electrons. The average Bonchev–Trinajstić information content (AvgIpc) is 2.28. The highest BCUT2D eigenvalue weighted by molar-refractivity contribution is 14.1. The lowest BCUT2D eigenvalue weighted by Gasteiger charge is -2.09. The van der Waals surface area contributed by atoms with Crippen LogP contribution < -0.4 is 9.09 Å². The molecule has 84 valence electrons.